The Kier molecular flexibility index (Phi) is 5.76. The molecule has 1 saturated carbocycles. The summed E-state index contributed by atoms with van der Waals surface area (Å²) in [5.74, 6) is -0.407. The quantitative estimate of drug-likeness (QED) is 0.757. The van der Waals surface area contributed by atoms with Crippen molar-refractivity contribution >= 4 is 5.97 Å². The van der Waals surface area contributed by atoms with Crippen LogP contribution >= 0.6 is 0 Å². The number of ether oxygens (including phenoxy) is 1. The Morgan fingerprint density at radius 2 is 2.00 bits per heavy atom. The highest BCUT2D eigenvalue weighted by Crippen LogP contribution is 2.29. The molecular weight excluding hydrogens is 266 g/mol. The lowest BCUT2D eigenvalue weighted by atomic mass is 9.98. The fraction of sp³-hybridized carbons (Fsp3) is 0.588. The Morgan fingerprint density at radius 1 is 1.33 bits per heavy atom. The van der Waals surface area contributed by atoms with Crippen LogP contribution in [0, 0.1) is 5.92 Å². The molecule has 0 heterocycles. The van der Waals surface area contributed by atoms with Gasteiger partial charge in [0.1, 0.15) is 6.61 Å². The van der Waals surface area contributed by atoms with E-state index in [1.54, 1.807) is 0 Å². The average Bonchev–Trinajstić information content (AvgIpc) is 3.01. The Hall–Kier alpha value is -1.39. The third-order valence-electron chi connectivity index (χ3n) is 4.27. The molecule has 0 aromatic heterocycles. The van der Waals surface area contributed by atoms with Gasteiger partial charge < -0.3 is 15.2 Å². The van der Waals surface area contributed by atoms with Crippen molar-refractivity contribution in [1.82, 2.24) is 5.32 Å². The molecule has 4 nitrogen and oxygen atoms in total. The third kappa shape index (κ3) is 4.55. The summed E-state index contributed by atoms with van der Waals surface area (Å²) in [6.07, 6.45) is 4.24. The maximum atomic E-state index is 12.0. The monoisotopic (exact) mass is 291 g/mol. The van der Waals surface area contributed by atoms with Crippen LogP contribution in [0.1, 0.15) is 38.2 Å². The van der Waals surface area contributed by atoms with Gasteiger partial charge in [-0.05, 0) is 18.4 Å². The summed E-state index contributed by atoms with van der Waals surface area (Å²) in [6, 6.07) is 9.68. The number of rotatable bonds is 7. The van der Waals surface area contributed by atoms with Gasteiger partial charge in [-0.1, -0.05) is 50.1 Å². The van der Waals surface area contributed by atoms with Crippen LogP contribution in [0.2, 0.25) is 0 Å². The molecule has 0 spiro atoms. The van der Waals surface area contributed by atoms with Gasteiger partial charge >= 0.3 is 5.97 Å². The smallest absolute Gasteiger partial charge is 0.310 e. The van der Waals surface area contributed by atoms with Crippen molar-refractivity contribution < 1.29 is 14.6 Å². The van der Waals surface area contributed by atoms with Crippen LogP contribution in [-0.4, -0.2) is 29.8 Å². The lowest BCUT2D eigenvalue weighted by molar-refractivity contribution is -0.149. The van der Waals surface area contributed by atoms with Gasteiger partial charge in [-0.25, -0.2) is 0 Å². The number of benzene rings is 1. The first-order valence-electron chi connectivity index (χ1n) is 7.72. The Morgan fingerprint density at radius 3 is 2.62 bits per heavy atom. The van der Waals surface area contributed by atoms with Crippen LogP contribution in [-0.2, 0) is 16.1 Å². The largest absolute Gasteiger partial charge is 0.461 e. The fourth-order valence-corrected chi connectivity index (χ4v) is 2.77. The van der Waals surface area contributed by atoms with Crippen molar-refractivity contribution in [3.8, 4) is 0 Å². The maximum absolute atomic E-state index is 12.0. The second-order valence-corrected chi connectivity index (χ2v) is 6.02. The summed E-state index contributed by atoms with van der Waals surface area (Å²) in [5.41, 5.74) is 0.808. The number of aliphatic hydroxyl groups excluding tert-OH is 1. The first-order chi connectivity index (χ1) is 10.2. The molecular formula is C17H25NO3. The minimum atomic E-state index is -0.210. The topological polar surface area (TPSA) is 58.6 Å². The SMILES string of the molecule is CC(CNC1(CO)CCCC1)C(=O)OCc1ccccc1. The van der Waals surface area contributed by atoms with Gasteiger partial charge in [0.15, 0.2) is 0 Å². The number of carbonyl (C=O) groups is 1. The summed E-state index contributed by atoms with van der Waals surface area (Å²) in [7, 11) is 0. The molecule has 0 saturated heterocycles. The predicted octanol–water partition coefficient (Wildman–Crippen LogP) is 2.26. The summed E-state index contributed by atoms with van der Waals surface area (Å²) >= 11 is 0. The van der Waals surface area contributed by atoms with E-state index in [9.17, 15) is 9.90 Å². The molecule has 1 aliphatic carbocycles. The van der Waals surface area contributed by atoms with Gasteiger partial charge in [0.25, 0.3) is 0 Å². The molecule has 1 aliphatic rings. The second kappa shape index (κ2) is 7.57. The molecule has 1 aromatic rings. The number of hydrogen-bond acceptors (Lipinski definition) is 4. The molecule has 0 amide bonds. The van der Waals surface area contributed by atoms with E-state index < -0.39 is 0 Å². The molecule has 1 aromatic carbocycles. The summed E-state index contributed by atoms with van der Waals surface area (Å²) in [6.45, 7) is 2.86. The Labute approximate surface area is 126 Å². The number of carbonyl (C=O) groups excluding carboxylic acids is 1. The van der Waals surface area contributed by atoms with Gasteiger partial charge in [-0.15, -0.1) is 0 Å². The van der Waals surface area contributed by atoms with Gasteiger partial charge in [0.2, 0.25) is 0 Å². The standard InChI is InChI=1S/C17H25NO3/c1-14(11-18-17(13-19)9-5-6-10-17)16(20)21-12-15-7-3-2-4-8-15/h2-4,7-8,14,18-19H,5-6,9-13H2,1H3. The highest BCUT2D eigenvalue weighted by molar-refractivity contribution is 5.72. The van der Waals surface area contributed by atoms with Crippen molar-refractivity contribution in [2.75, 3.05) is 13.2 Å². The maximum Gasteiger partial charge on any atom is 0.310 e. The first kappa shape index (κ1) is 16.0. The van der Waals surface area contributed by atoms with Gasteiger partial charge in [0.05, 0.1) is 12.5 Å². The summed E-state index contributed by atoms with van der Waals surface area (Å²) < 4.78 is 5.33. The van der Waals surface area contributed by atoms with E-state index >= 15 is 0 Å². The van der Waals surface area contributed by atoms with Crippen LogP contribution in [0.5, 0.6) is 0 Å². The van der Waals surface area contributed by atoms with E-state index in [2.05, 4.69) is 5.32 Å². The van der Waals surface area contributed by atoms with E-state index in [0.29, 0.717) is 13.2 Å². The zero-order chi connectivity index (χ0) is 15.1. The molecule has 116 valence electrons. The van der Waals surface area contributed by atoms with Crippen molar-refractivity contribution in [3.05, 3.63) is 35.9 Å². The molecule has 2 N–H and O–H groups in total. The van der Waals surface area contributed by atoms with Crippen molar-refractivity contribution in [3.63, 3.8) is 0 Å². The van der Waals surface area contributed by atoms with Crippen molar-refractivity contribution in [1.29, 1.82) is 0 Å². The number of aliphatic hydroxyl groups is 1. The zero-order valence-electron chi connectivity index (χ0n) is 12.7. The highest BCUT2D eigenvalue weighted by atomic mass is 16.5. The van der Waals surface area contributed by atoms with Crippen LogP contribution in [0.3, 0.4) is 0 Å². The Bertz CT molecular complexity index is 441. The molecule has 1 fully saturated rings. The van der Waals surface area contributed by atoms with E-state index in [1.807, 2.05) is 37.3 Å². The van der Waals surface area contributed by atoms with Crippen LogP contribution < -0.4 is 5.32 Å². The first-order valence-corrected chi connectivity index (χ1v) is 7.72. The third-order valence-corrected chi connectivity index (χ3v) is 4.27. The normalized spacial score (nSPS) is 18.4. The fourth-order valence-electron chi connectivity index (χ4n) is 2.77. The zero-order valence-corrected chi connectivity index (χ0v) is 12.7. The highest BCUT2D eigenvalue weighted by Gasteiger charge is 2.33. The van der Waals surface area contributed by atoms with E-state index in [0.717, 1.165) is 31.2 Å². The summed E-state index contributed by atoms with van der Waals surface area (Å²) in [5, 5.41) is 12.9. The van der Waals surface area contributed by atoms with E-state index in [4.69, 9.17) is 4.74 Å². The summed E-state index contributed by atoms with van der Waals surface area (Å²) in [4.78, 5) is 12.0. The van der Waals surface area contributed by atoms with Gasteiger partial charge in [-0.3, -0.25) is 4.79 Å². The molecule has 4 heteroatoms. The molecule has 2 rings (SSSR count). The van der Waals surface area contributed by atoms with E-state index in [-0.39, 0.29) is 24.0 Å². The van der Waals surface area contributed by atoms with Gasteiger partial charge in [-0.2, -0.15) is 0 Å². The number of esters is 1. The van der Waals surface area contributed by atoms with Crippen molar-refractivity contribution in [2.45, 2.75) is 44.8 Å². The predicted molar refractivity (Wildman–Crippen MR) is 81.7 cm³/mol. The minimum Gasteiger partial charge on any atom is -0.461 e. The van der Waals surface area contributed by atoms with Gasteiger partial charge in [0, 0.05) is 12.1 Å². The van der Waals surface area contributed by atoms with Crippen LogP contribution in [0.25, 0.3) is 0 Å². The molecule has 1 unspecified atom stereocenters. The minimum absolute atomic E-state index is 0.138. The molecule has 0 radical (unpaired) electrons. The molecule has 21 heavy (non-hydrogen) atoms. The van der Waals surface area contributed by atoms with Crippen LogP contribution in [0.15, 0.2) is 30.3 Å². The number of hydrogen-bond donors (Lipinski definition) is 2. The lowest BCUT2D eigenvalue weighted by Crippen LogP contribution is -2.48. The average molecular weight is 291 g/mol. The molecule has 0 bridgehead atoms. The lowest BCUT2D eigenvalue weighted by Gasteiger charge is -2.29. The van der Waals surface area contributed by atoms with Crippen molar-refractivity contribution in [2.24, 2.45) is 5.92 Å². The molecule has 0 aliphatic heterocycles. The Balaban J connectivity index is 1.74. The molecule has 1 atom stereocenters. The van der Waals surface area contributed by atoms with Crippen LogP contribution in [0.4, 0.5) is 0 Å². The number of nitrogens with one attached hydrogen (secondary N) is 1. The second-order valence-electron chi connectivity index (χ2n) is 6.02. The van der Waals surface area contributed by atoms with E-state index in [1.165, 1.54) is 0 Å².